The summed E-state index contributed by atoms with van der Waals surface area (Å²) in [6.07, 6.45) is 2.30. The van der Waals surface area contributed by atoms with Gasteiger partial charge in [0.25, 0.3) is 0 Å². The summed E-state index contributed by atoms with van der Waals surface area (Å²) in [5.41, 5.74) is 3.55. The van der Waals surface area contributed by atoms with Gasteiger partial charge in [-0.05, 0) is 25.7 Å². The van der Waals surface area contributed by atoms with Gasteiger partial charge in [-0.3, -0.25) is 4.90 Å². The predicted molar refractivity (Wildman–Crippen MR) is 84.2 cm³/mol. The molecular formula is C15H29N5. The molecule has 3 N–H and O–H groups in total. The van der Waals surface area contributed by atoms with Gasteiger partial charge in [0.15, 0.2) is 0 Å². The lowest BCUT2D eigenvalue weighted by Crippen LogP contribution is -2.37. The Morgan fingerprint density at radius 2 is 1.90 bits per heavy atom. The largest absolute Gasteiger partial charge is 0.308 e. The molecule has 0 atom stereocenters. The van der Waals surface area contributed by atoms with Gasteiger partial charge in [-0.1, -0.05) is 27.7 Å². The van der Waals surface area contributed by atoms with Crippen LogP contribution in [0.15, 0.2) is 6.07 Å². The van der Waals surface area contributed by atoms with Crippen molar-refractivity contribution in [3.63, 3.8) is 0 Å². The van der Waals surface area contributed by atoms with Crippen LogP contribution in [-0.2, 0) is 6.54 Å². The van der Waals surface area contributed by atoms with Crippen LogP contribution in [0.2, 0.25) is 0 Å². The first-order chi connectivity index (χ1) is 9.49. The van der Waals surface area contributed by atoms with Crippen molar-refractivity contribution in [2.24, 2.45) is 11.8 Å². The van der Waals surface area contributed by atoms with Crippen molar-refractivity contribution in [3.8, 4) is 0 Å². The highest BCUT2D eigenvalue weighted by molar-refractivity contribution is 5.33. The molecule has 5 heteroatoms. The zero-order chi connectivity index (χ0) is 15.1. The van der Waals surface area contributed by atoms with Crippen LogP contribution in [0.1, 0.15) is 52.1 Å². The lowest BCUT2D eigenvalue weighted by Gasteiger charge is -2.31. The summed E-state index contributed by atoms with van der Waals surface area (Å²) in [6, 6.07) is 2.43. The second kappa shape index (κ2) is 8.17. The van der Waals surface area contributed by atoms with Crippen molar-refractivity contribution >= 4 is 5.82 Å². The van der Waals surface area contributed by atoms with Crippen molar-refractivity contribution in [3.05, 3.63) is 17.6 Å². The molecule has 5 nitrogen and oxygen atoms in total. The first-order valence-corrected chi connectivity index (χ1v) is 7.55. The molecule has 1 aromatic heterocycles. The zero-order valence-electron chi connectivity index (χ0n) is 13.5. The molecule has 0 aliphatic heterocycles. The first kappa shape index (κ1) is 16.9. The Bertz CT molecular complexity index is 401. The minimum Gasteiger partial charge on any atom is -0.308 e. The molecule has 0 radical (unpaired) electrons. The van der Waals surface area contributed by atoms with E-state index in [-0.39, 0.29) is 0 Å². The Morgan fingerprint density at radius 1 is 1.25 bits per heavy atom. The van der Waals surface area contributed by atoms with Gasteiger partial charge < -0.3 is 5.43 Å². The molecule has 1 rings (SSSR count). The molecule has 0 fully saturated rings. The van der Waals surface area contributed by atoms with Gasteiger partial charge in [0.05, 0.1) is 6.54 Å². The molecule has 0 saturated heterocycles. The predicted octanol–water partition coefficient (Wildman–Crippen LogP) is 2.72. The van der Waals surface area contributed by atoms with Gasteiger partial charge in [-0.2, -0.15) is 0 Å². The number of anilines is 1. The van der Waals surface area contributed by atoms with E-state index in [4.69, 9.17) is 5.84 Å². The van der Waals surface area contributed by atoms with E-state index in [9.17, 15) is 0 Å². The van der Waals surface area contributed by atoms with E-state index in [1.54, 1.807) is 0 Å². The number of aromatic nitrogens is 2. The Hall–Kier alpha value is -1.20. The minimum atomic E-state index is 0.579. The van der Waals surface area contributed by atoms with Gasteiger partial charge >= 0.3 is 0 Å². The van der Waals surface area contributed by atoms with E-state index in [0.717, 1.165) is 37.4 Å². The molecule has 1 heterocycles. The summed E-state index contributed by atoms with van der Waals surface area (Å²) in [7, 11) is 0. The van der Waals surface area contributed by atoms with E-state index >= 15 is 0 Å². The number of hydrogen-bond acceptors (Lipinski definition) is 5. The van der Waals surface area contributed by atoms with Crippen LogP contribution in [0.25, 0.3) is 0 Å². The topological polar surface area (TPSA) is 67.1 Å². The second-order valence-electron chi connectivity index (χ2n) is 5.75. The number of nitrogens with two attached hydrogens (primary N) is 1. The molecule has 0 aliphatic carbocycles. The summed E-state index contributed by atoms with van der Waals surface area (Å²) >= 11 is 0. The zero-order valence-corrected chi connectivity index (χ0v) is 13.5. The highest BCUT2D eigenvalue weighted by Gasteiger charge is 2.18. The number of nitrogens with one attached hydrogen (secondary N) is 1. The SMILES string of the molecule is CCC(CC)N(Cc1nc(C)cc(NN)n1)CC(C)C. The number of rotatable bonds is 8. The number of nitrogens with zero attached hydrogens (tertiary/aromatic N) is 3. The lowest BCUT2D eigenvalue weighted by molar-refractivity contribution is 0.153. The van der Waals surface area contributed by atoms with Crippen molar-refractivity contribution in [2.45, 2.75) is 60.0 Å². The smallest absolute Gasteiger partial charge is 0.145 e. The molecule has 0 aromatic carbocycles. The molecular weight excluding hydrogens is 250 g/mol. The molecule has 114 valence electrons. The Morgan fingerprint density at radius 3 is 2.40 bits per heavy atom. The summed E-state index contributed by atoms with van der Waals surface area (Å²) in [5, 5.41) is 0. The standard InChI is InChI=1S/C15H29N5/c1-6-13(7-2)20(9-11(3)4)10-15-17-12(5)8-14(18-15)19-16/h8,11,13H,6-7,9-10,16H2,1-5H3,(H,17,18,19). The van der Waals surface area contributed by atoms with Gasteiger partial charge in [-0.15, -0.1) is 0 Å². The van der Waals surface area contributed by atoms with Gasteiger partial charge in [0, 0.05) is 24.3 Å². The fraction of sp³-hybridized carbons (Fsp3) is 0.733. The van der Waals surface area contributed by atoms with E-state index in [1.807, 2.05) is 13.0 Å². The maximum absolute atomic E-state index is 5.46. The monoisotopic (exact) mass is 279 g/mol. The van der Waals surface area contributed by atoms with Gasteiger partial charge in [0.1, 0.15) is 11.6 Å². The maximum Gasteiger partial charge on any atom is 0.145 e. The molecule has 0 aliphatic rings. The second-order valence-corrected chi connectivity index (χ2v) is 5.75. The van der Waals surface area contributed by atoms with Crippen molar-refractivity contribution in [2.75, 3.05) is 12.0 Å². The average molecular weight is 279 g/mol. The van der Waals surface area contributed by atoms with E-state index in [0.29, 0.717) is 17.8 Å². The average Bonchev–Trinajstić information content (AvgIpc) is 2.38. The molecule has 0 bridgehead atoms. The van der Waals surface area contributed by atoms with Gasteiger partial charge in [0.2, 0.25) is 0 Å². The number of nitrogen functional groups attached to an aromatic ring is 1. The quantitative estimate of drug-likeness (QED) is 0.566. The van der Waals surface area contributed by atoms with Crippen LogP contribution in [0.3, 0.4) is 0 Å². The number of aryl methyl sites for hydroxylation is 1. The molecule has 20 heavy (non-hydrogen) atoms. The summed E-state index contributed by atoms with van der Waals surface area (Å²) in [4.78, 5) is 11.5. The third kappa shape index (κ3) is 5.06. The first-order valence-electron chi connectivity index (χ1n) is 7.55. The highest BCUT2D eigenvalue weighted by Crippen LogP contribution is 2.15. The number of hydrazine groups is 1. The molecule has 1 aromatic rings. The Balaban J connectivity index is 2.90. The highest BCUT2D eigenvalue weighted by atomic mass is 15.3. The summed E-state index contributed by atoms with van der Waals surface area (Å²) in [6.45, 7) is 12.8. The fourth-order valence-corrected chi connectivity index (χ4v) is 2.57. The normalized spacial score (nSPS) is 11.7. The third-order valence-corrected chi connectivity index (χ3v) is 3.45. The number of hydrogen-bond donors (Lipinski definition) is 2. The van der Waals surface area contributed by atoms with Crippen molar-refractivity contribution < 1.29 is 0 Å². The van der Waals surface area contributed by atoms with E-state index < -0.39 is 0 Å². The maximum atomic E-state index is 5.46. The van der Waals surface area contributed by atoms with Crippen LogP contribution < -0.4 is 11.3 Å². The van der Waals surface area contributed by atoms with Crippen LogP contribution in [0, 0.1) is 12.8 Å². The van der Waals surface area contributed by atoms with Crippen LogP contribution in [0.5, 0.6) is 0 Å². The Kier molecular flexibility index (Phi) is 6.88. The van der Waals surface area contributed by atoms with Crippen LogP contribution in [0.4, 0.5) is 5.82 Å². The minimum absolute atomic E-state index is 0.579. The van der Waals surface area contributed by atoms with Crippen LogP contribution >= 0.6 is 0 Å². The summed E-state index contributed by atoms with van der Waals surface area (Å²) < 4.78 is 0. The molecule has 0 saturated carbocycles. The Labute approximate surface area is 123 Å². The lowest BCUT2D eigenvalue weighted by atomic mass is 10.1. The molecule has 0 amide bonds. The van der Waals surface area contributed by atoms with Crippen LogP contribution in [-0.4, -0.2) is 27.5 Å². The van der Waals surface area contributed by atoms with Crippen molar-refractivity contribution in [1.29, 1.82) is 0 Å². The fourth-order valence-electron chi connectivity index (χ4n) is 2.57. The molecule has 0 unspecified atom stereocenters. The van der Waals surface area contributed by atoms with Crippen molar-refractivity contribution in [1.82, 2.24) is 14.9 Å². The molecule has 0 spiro atoms. The van der Waals surface area contributed by atoms with Gasteiger partial charge in [-0.25, -0.2) is 15.8 Å². The van der Waals surface area contributed by atoms with E-state index in [1.165, 1.54) is 0 Å². The van der Waals surface area contributed by atoms with E-state index in [2.05, 4.69) is 48.0 Å². The summed E-state index contributed by atoms with van der Waals surface area (Å²) in [5.74, 6) is 7.61. The third-order valence-electron chi connectivity index (χ3n) is 3.45.